The van der Waals surface area contributed by atoms with E-state index in [2.05, 4.69) is 22.5 Å². The Kier molecular flexibility index (Phi) is 3.73. The topological polar surface area (TPSA) is 44.4 Å². The Hall–Kier alpha value is -0.610. The Morgan fingerprint density at radius 3 is 2.59 bits per heavy atom. The summed E-state index contributed by atoms with van der Waals surface area (Å²) in [6.45, 7) is 10.2. The number of nitrogens with zero attached hydrogens (tertiary/aromatic N) is 1. The summed E-state index contributed by atoms with van der Waals surface area (Å²) in [7, 11) is 0. The van der Waals surface area contributed by atoms with Gasteiger partial charge in [0.2, 0.25) is 5.91 Å². The lowest BCUT2D eigenvalue weighted by molar-refractivity contribution is -0.132. The average Bonchev–Trinajstić information content (AvgIpc) is 3.08. The molecule has 2 aliphatic rings. The fourth-order valence-corrected chi connectivity index (χ4v) is 2.59. The largest absolute Gasteiger partial charge is 0.351 e. The van der Waals surface area contributed by atoms with E-state index in [0.717, 1.165) is 32.1 Å². The van der Waals surface area contributed by atoms with E-state index in [-0.39, 0.29) is 11.4 Å². The number of piperazine rings is 1. The molecule has 1 heterocycles. The van der Waals surface area contributed by atoms with Crippen LogP contribution in [0.2, 0.25) is 0 Å². The second-order valence-corrected chi connectivity index (χ2v) is 5.78. The molecule has 4 heteroatoms. The maximum Gasteiger partial charge on any atom is 0.240 e. The van der Waals surface area contributed by atoms with Crippen LogP contribution in [0.3, 0.4) is 0 Å². The Bertz CT molecular complexity index is 284. The summed E-state index contributed by atoms with van der Waals surface area (Å²) >= 11 is 0. The van der Waals surface area contributed by atoms with E-state index >= 15 is 0 Å². The second kappa shape index (κ2) is 4.94. The molecule has 1 aliphatic heterocycles. The first-order valence-corrected chi connectivity index (χ1v) is 6.82. The highest BCUT2D eigenvalue weighted by Gasteiger charge is 2.41. The summed E-state index contributed by atoms with van der Waals surface area (Å²) in [6.07, 6.45) is 2.35. The average molecular weight is 239 g/mol. The Morgan fingerprint density at radius 2 is 2.06 bits per heavy atom. The van der Waals surface area contributed by atoms with Gasteiger partial charge in [-0.3, -0.25) is 9.69 Å². The Labute approximate surface area is 104 Å². The molecule has 4 nitrogen and oxygen atoms in total. The maximum absolute atomic E-state index is 12.3. The van der Waals surface area contributed by atoms with Crippen LogP contribution in [-0.4, -0.2) is 48.6 Å². The molecule has 2 unspecified atom stereocenters. The molecule has 2 atom stereocenters. The number of hydrogen-bond acceptors (Lipinski definition) is 3. The van der Waals surface area contributed by atoms with Crippen LogP contribution in [0.5, 0.6) is 0 Å². The molecule has 0 aromatic rings. The molecule has 1 aliphatic carbocycles. The van der Waals surface area contributed by atoms with Crippen LogP contribution in [0.1, 0.15) is 33.6 Å². The van der Waals surface area contributed by atoms with E-state index in [1.54, 1.807) is 0 Å². The van der Waals surface area contributed by atoms with Crippen molar-refractivity contribution in [1.29, 1.82) is 0 Å². The number of carbonyl (C=O) groups excluding carboxylic acids is 1. The monoisotopic (exact) mass is 239 g/mol. The number of nitrogens with one attached hydrogen (secondary N) is 2. The summed E-state index contributed by atoms with van der Waals surface area (Å²) in [5.74, 6) is 0.915. The van der Waals surface area contributed by atoms with Crippen molar-refractivity contribution >= 4 is 5.91 Å². The van der Waals surface area contributed by atoms with E-state index in [0.29, 0.717) is 6.04 Å². The molecule has 2 rings (SSSR count). The van der Waals surface area contributed by atoms with Crippen LogP contribution in [0.25, 0.3) is 0 Å². The second-order valence-electron chi connectivity index (χ2n) is 5.78. The molecule has 1 saturated carbocycles. The van der Waals surface area contributed by atoms with Crippen molar-refractivity contribution in [2.24, 2.45) is 5.92 Å². The van der Waals surface area contributed by atoms with E-state index < -0.39 is 0 Å². The fraction of sp³-hybridized carbons (Fsp3) is 0.923. The maximum atomic E-state index is 12.3. The molecule has 1 saturated heterocycles. The Morgan fingerprint density at radius 1 is 1.41 bits per heavy atom. The van der Waals surface area contributed by atoms with E-state index in [4.69, 9.17) is 0 Å². The van der Waals surface area contributed by atoms with Crippen molar-refractivity contribution in [2.75, 3.05) is 26.2 Å². The summed E-state index contributed by atoms with van der Waals surface area (Å²) in [5, 5.41) is 6.51. The zero-order valence-electron chi connectivity index (χ0n) is 11.3. The molecular formula is C13H25N3O. The zero-order valence-corrected chi connectivity index (χ0v) is 11.3. The van der Waals surface area contributed by atoms with Gasteiger partial charge in [-0.1, -0.05) is 13.3 Å². The van der Waals surface area contributed by atoms with Crippen molar-refractivity contribution < 1.29 is 4.79 Å². The van der Waals surface area contributed by atoms with Crippen LogP contribution in [0.4, 0.5) is 0 Å². The molecular weight excluding hydrogens is 214 g/mol. The van der Waals surface area contributed by atoms with Gasteiger partial charge in [-0.15, -0.1) is 0 Å². The normalized spacial score (nSPS) is 30.1. The van der Waals surface area contributed by atoms with E-state index in [9.17, 15) is 4.79 Å². The summed E-state index contributed by atoms with van der Waals surface area (Å²) < 4.78 is 0. The number of amides is 1. The molecule has 2 N–H and O–H groups in total. The van der Waals surface area contributed by atoms with Crippen LogP contribution in [0.15, 0.2) is 0 Å². The molecule has 0 spiro atoms. The van der Waals surface area contributed by atoms with Crippen LogP contribution in [-0.2, 0) is 4.79 Å². The number of rotatable bonds is 4. The summed E-state index contributed by atoms with van der Waals surface area (Å²) in [4.78, 5) is 14.6. The lowest BCUT2D eigenvalue weighted by atomic mass is 10.0. The van der Waals surface area contributed by atoms with Gasteiger partial charge < -0.3 is 10.6 Å². The van der Waals surface area contributed by atoms with Gasteiger partial charge in [0.15, 0.2) is 0 Å². The Balaban J connectivity index is 1.87. The highest BCUT2D eigenvalue weighted by Crippen LogP contribution is 2.33. The molecule has 2 fully saturated rings. The molecule has 98 valence electrons. The van der Waals surface area contributed by atoms with Crippen molar-refractivity contribution in [3.63, 3.8) is 0 Å². The minimum Gasteiger partial charge on any atom is -0.351 e. The van der Waals surface area contributed by atoms with Gasteiger partial charge in [0.25, 0.3) is 0 Å². The smallest absolute Gasteiger partial charge is 0.240 e. The van der Waals surface area contributed by atoms with E-state index in [1.807, 2.05) is 13.8 Å². The predicted octanol–water partition coefficient (Wildman–Crippen LogP) is 0.585. The quantitative estimate of drug-likeness (QED) is 0.754. The standard InChI is InChI=1S/C13H25N3O/c1-4-10-9-11(10)15-12(17)13(2,3)16-7-5-14-6-8-16/h10-11,14H,4-9H2,1-3H3,(H,15,17). The summed E-state index contributed by atoms with van der Waals surface area (Å²) in [5.41, 5.74) is -0.372. The van der Waals surface area contributed by atoms with Crippen LogP contribution in [0, 0.1) is 5.92 Å². The van der Waals surface area contributed by atoms with Crippen molar-refractivity contribution in [2.45, 2.75) is 45.2 Å². The SMILES string of the molecule is CCC1CC1NC(=O)C(C)(C)N1CCNCC1. The first-order valence-electron chi connectivity index (χ1n) is 6.82. The highest BCUT2D eigenvalue weighted by molar-refractivity contribution is 5.86. The molecule has 17 heavy (non-hydrogen) atoms. The zero-order chi connectivity index (χ0) is 12.5. The molecule has 0 aromatic heterocycles. The van der Waals surface area contributed by atoms with Gasteiger partial charge in [-0.25, -0.2) is 0 Å². The lowest BCUT2D eigenvalue weighted by Crippen LogP contribution is -2.60. The van der Waals surface area contributed by atoms with Crippen molar-refractivity contribution in [3.8, 4) is 0 Å². The third kappa shape index (κ3) is 2.80. The number of carbonyl (C=O) groups is 1. The number of hydrogen-bond donors (Lipinski definition) is 2. The van der Waals surface area contributed by atoms with Gasteiger partial charge in [0, 0.05) is 32.2 Å². The molecule has 0 aromatic carbocycles. The highest BCUT2D eigenvalue weighted by atomic mass is 16.2. The van der Waals surface area contributed by atoms with Crippen molar-refractivity contribution in [1.82, 2.24) is 15.5 Å². The van der Waals surface area contributed by atoms with Gasteiger partial charge in [-0.2, -0.15) is 0 Å². The fourth-order valence-electron chi connectivity index (χ4n) is 2.59. The third-order valence-electron chi connectivity index (χ3n) is 4.23. The van der Waals surface area contributed by atoms with E-state index in [1.165, 1.54) is 12.8 Å². The predicted molar refractivity (Wildman–Crippen MR) is 68.9 cm³/mol. The van der Waals surface area contributed by atoms with Gasteiger partial charge >= 0.3 is 0 Å². The van der Waals surface area contributed by atoms with Gasteiger partial charge in [0.05, 0.1) is 5.54 Å². The lowest BCUT2D eigenvalue weighted by Gasteiger charge is -2.39. The first-order chi connectivity index (χ1) is 8.05. The van der Waals surface area contributed by atoms with Crippen LogP contribution < -0.4 is 10.6 Å². The minimum atomic E-state index is -0.372. The molecule has 0 bridgehead atoms. The molecule has 0 radical (unpaired) electrons. The third-order valence-corrected chi connectivity index (χ3v) is 4.23. The summed E-state index contributed by atoms with van der Waals surface area (Å²) in [6, 6.07) is 0.440. The first kappa shape index (κ1) is 12.8. The minimum absolute atomic E-state index is 0.195. The van der Waals surface area contributed by atoms with Crippen LogP contribution >= 0.6 is 0 Å². The van der Waals surface area contributed by atoms with Gasteiger partial charge in [0.1, 0.15) is 0 Å². The van der Waals surface area contributed by atoms with Crippen molar-refractivity contribution in [3.05, 3.63) is 0 Å². The molecule has 1 amide bonds. The van der Waals surface area contributed by atoms with Gasteiger partial charge in [-0.05, 0) is 26.2 Å².